The van der Waals surface area contributed by atoms with Gasteiger partial charge in [0, 0.05) is 0 Å². The SMILES string of the molecule is CC.Cc1ccc2cc3cc(C)ccc3cc2c1. The summed E-state index contributed by atoms with van der Waals surface area (Å²) in [4.78, 5) is 0. The zero-order valence-corrected chi connectivity index (χ0v) is 11.6. The van der Waals surface area contributed by atoms with E-state index >= 15 is 0 Å². The number of fused-ring (bicyclic) bond motifs is 2. The first-order valence-electron chi connectivity index (χ1n) is 6.63. The van der Waals surface area contributed by atoms with Crippen LogP contribution in [0.15, 0.2) is 48.5 Å². The summed E-state index contributed by atoms with van der Waals surface area (Å²) in [5, 5.41) is 5.31. The quantitative estimate of drug-likeness (QED) is 0.443. The van der Waals surface area contributed by atoms with Crippen LogP contribution >= 0.6 is 0 Å². The van der Waals surface area contributed by atoms with Crippen LogP contribution < -0.4 is 0 Å². The van der Waals surface area contributed by atoms with Gasteiger partial charge in [0.05, 0.1) is 0 Å². The van der Waals surface area contributed by atoms with Crippen molar-refractivity contribution in [3.63, 3.8) is 0 Å². The summed E-state index contributed by atoms with van der Waals surface area (Å²) in [5.41, 5.74) is 2.64. The Hall–Kier alpha value is -1.82. The highest BCUT2D eigenvalue weighted by molar-refractivity contribution is 5.98. The van der Waals surface area contributed by atoms with E-state index in [0.717, 1.165) is 0 Å². The Bertz CT molecular complexity index is 616. The van der Waals surface area contributed by atoms with Gasteiger partial charge < -0.3 is 0 Å². The molecule has 0 saturated carbocycles. The van der Waals surface area contributed by atoms with Gasteiger partial charge in [0.15, 0.2) is 0 Å². The third kappa shape index (κ3) is 2.38. The van der Waals surface area contributed by atoms with Gasteiger partial charge in [0.25, 0.3) is 0 Å². The van der Waals surface area contributed by atoms with Crippen LogP contribution in [0.1, 0.15) is 25.0 Å². The van der Waals surface area contributed by atoms with Gasteiger partial charge in [-0.1, -0.05) is 61.4 Å². The molecule has 0 N–H and O–H groups in total. The number of benzene rings is 3. The molecule has 0 aliphatic rings. The minimum atomic E-state index is 1.32. The van der Waals surface area contributed by atoms with Gasteiger partial charge in [-0.15, -0.1) is 0 Å². The first-order chi connectivity index (χ1) is 8.72. The molecule has 92 valence electrons. The van der Waals surface area contributed by atoms with Crippen molar-refractivity contribution < 1.29 is 0 Å². The Morgan fingerprint density at radius 1 is 0.500 bits per heavy atom. The average molecular weight is 236 g/mol. The molecule has 0 heteroatoms. The van der Waals surface area contributed by atoms with Crippen molar-refractivity contribution in [3.8, 4) is 0 Å². The molecule has 0 unspecified atom stereocenters. The highest BCUT2D eigenvalue weighted by atomic mass is 14.0. The largest absolute Gasteiger partial charge is 0.0683 e. The lowest BCUT2D eigenvalue weighted by Crippen LogP contribution is -1.79. The molecule has 0 fully saturated rings. The summed E-state index contributed by atoms with van der Waals surface area (Å²) in [5.74, 6) is 0. The van der Waals surface area contributed by atoms with E-state index in [2.05, 4.69) is 62.4 Å². The molecule has 0 spiro atoms. The fourth-order valence-electron chi connectivity index (χ4n) is 2.24. The van der Waals surface area contributed by atoms with Crippen molar-refractivity contribution in [3.05, 3.63) is 59.7 Å². The van der Waals surface area contributed by atoms with Gasteiger partial charge in [0.2, 0.25) is 0 Å². The van der Waals surface area contributed by atoms with Gasteiger partial charge in [-0.05, 0) is 47.5 Å². The van der Waals surface area contributed by atoms with E-state index in [1.807, 2.05) is 13.8 Å². The van der Waals surface area contributed by atoms with E-state index in [1.54, 1.807) is 0 Å². The van der Waals surface area contributed by atoms with E-state index < -0.39 is 0 Å². The van der Waals surface area contributed by atoms with E-state index in [4.69, 9.17) is 0 Å². The second-order valence-corrected chi connectivity index (χ2v) is 4.55. The number of rotatable bonds is 0. The summed E-state index contributed by atoms with van der Waals surface area (Å²) in [6.07, 6.45) is 0. The minimum Gasteiger partial charge on any atom is -0.0683 e. The van der Waals surface area contributed by atoms with Gasteiger partial charge in [0.1, 0.15) is 0 Å². The summed E-state index contributed by atoms with van der Waals surface area (Å²) < 4.78 is 0. The van der Waals surface area contributed by atoms with Crippen molar-refractivity contribution in [1.29, 1.82) is 0 Å². The monoisotopic (exact) mass is 236 g/mol. The Morgan fingerprint density at radius 2 is 0.889 bits per heavy atom. The molecule has 0 aliphatic heterocycles. The highest BCUT2D eigenvalue weighted by Gasteiger charge is 1.98. The summed E-state index contributed by atoms with van der Waals surface area (Å²) >= 11 is 0. The van der Waals surface area contributed by atoms with Crippen LogP contribution in [-0.4, -0.2) is 0 Å². The van der Waals surface area contributed by atoms with E-state index in [0.29, 0.717) is 0 Å². The fourth-order valence-corrected chi connectivity index (χ4v) is 2.24. The second-order valence-electron chi connectivity index (χ2n) is 4.55. The van der Waals surface area contributed by atoms with Gasteiger partial charge in [-0.3, -0.25) is 0 Å². The predicted molar refractivity (Wildman–Crippen MR) is 82.3 cm³/mol. The van der Waals surface area contributed by atoms with Crippen molar-refractivity contribution in [2.75, 3.05) is 0 Å². The summed E-state index contributed by atoms with van der Waals surface area (Å²) in [6, 6.07) is 17.8. The third-order valence-corrected chi connectivity index (χ3v) is 3.11. The minimum absolute atomic E-state index is 1.32. The molecule has 0 nitrogen and oxygen atoms in total. The molecular weight excluding hydrogens is 216 g/mol. The van der Waals surface area contributed by atoms with Crippen LogP contribution in [0.3, 0.4) is 0 Å². The van der Waals surface area contributed by atoms with Crippen LogP contribution in [0.4, 0.5) is 0 Å². The maximum atomic E-state index is 2.27. The highest BCUT2D eigenvalue weighted by Crippen LogP contribution is 2.24. The fraction of sp³-hybridized carbons (Fsp3) is 0.222. The molecule has 0 atom stereocenters. The maximum Gasteiger partial charge on any atom is -0.0175 e. The van der Waals surface area contributed by atoms with E-state index in [9.17, 15) is 0 Å². The Balaban J connectivity index is 0.000000574. The molecule has 3 rings (SSSR count). The van der Waals surface area contributed by atoms with Crippen molar-refractivity contribution in [2.24, 2.45) is 0 Å². The second kappa shape index (κ2) is 5.22. The summed E-state index contributed by atoms with van der Waals surface area (Å²) in [6.45, 7) is 8.28. The van der Waals surface area contributed by atoms with Crippen LogP contribution in [0.25, 0.3) is 21.5 Å². The molecule has 18 heavy (non-hydrogen) atoms. The first kappa shape index (κ1) is 12.6. The molecule has 0 radical (unpaired) electrons. The molecule has 3 aromatic rings. The molecule has 0 aromatic heterocycles. The molecular formula is C18H20. The average Bonchev–Trinajstić information content (AvgIpc) is 2.39. The number of hydrogen-bond donors (Lipinski definition) is 0. The van der Waals surface area contributed by atoms with Crippen molar-refractivity contribution in [1.82, 2.24) is 0 Å². The Kier molecular flexibility index (Phi) is 3.66. The molecule has 0 aliphatic carbocycles. The molecule has 0 heterocycles. The Labute approximate surface area is 109 Å². The van der Waals surface area contributed by atoms with E-state index in [-0.39, 0.29) is 0 Å². The lowest BCUT2D eigenvalue weighted by Gasteiger charge is -2.04. The topological polar surface area (TPSA) is 0 Å². The van der Waals surface area contributed by atoms with Crippen LogP contribution in [0.5, 0.6) is 0 Å². The van der Waals surface area contributed by atoms with Gasteiger partial charge in [-0.25, -0.2) is 0 Å². The van der Waals surface area contributed by atoms with Crippen LogP contribution in [-0.2, 0) is 0 Å². The maximum absolute atomic E-state index is 2.27. The summed E-state index contributed by atoms with van der Waals surface area (Å²) in [7, 11) is 0. The predicted octanol–water partition coefficient (Wildman–Crippen LogP) is 5.64. The van der Waals surface area contributed by atoms with Crippen LogP contribution in [0.2, 0.25) is 0 Å². The number of aryl methyl sites for hydroxylation is 2. The Morgan fingerprint density at radius 3 is 1.28 bits per heavy atom. The van der Waals surface area contributed by atoms with Crippen molar-refractivity contribution in [2.45, 2.75) is 27.7 Å². The van der Waals surface area contributed by atoms with E-state index in [1.165, 1.54) is 32.7 Å². The number of hydrogen-bond acceptors (Lipinski definition) is 0. The third-order valence-electron chi connectivity index (χ3n) is 3.11. The lowest BCUT2D eigenvalue weighted by atomic mass is 10.0. The molecule has 0 bridgehead atoms. The normalized spacial score (nSPS) is 10.2. The zero-order valence-electron chi connectivity index (χ0n) is 11.6. The zero-order chi connectivity index (χ0) is 13.1. The molecule has 3 aromatic carbocycles. The van der Waals surface area contributed by atoms with Crippen molar-refractivity contribution >= 4 is 21.5 Å². The standard InChI is InChI=1S/C16H14.C2H6/c1-11-3-5-13-10-16-8-12(2)4-6-14(16)9-15(13)7-11;1-2/h3-10H,1-2H3;1-2H3. The molecule has 0 saturated heterocycles. The lowest BCUT2D eigenvalue weighted by molar-refractivity contribution is 1.50. The first-order valence-corrected chi connectivity index (χ1v) is 6.63. The smallest absolute Gasteiger partial charge is 0.0175 e. The van der Waals surface area contributed by atoms with Gasteiger partial charge >= 0.3 is 0 Å². The van der Waals surface area contributed by atoms with Gasteiger partial charge in [-0.2, -0.15) is 0 Å². The molecule has 0 amide bonds. The van der Waals surface area contributed by atoms with Crippen LogP contribution in [0, 0.1) is 13.8 Å².